The molecule has 0 aliphatic heterocycles. The third-order valence-electron chi connectivity index (χ3n) is 2.07. The lowest BCUT2D eigenvalue weighted by Gasteiger charge is -2.11. The highest BCUT2D eigenvalue weighted by Crippen LogP contribution is 2.35. The number of hydrogen-bond acceptors (Lipinski definition) is 4. The van der Waals surface area contributed by atoms with Gasteiger partial charge in [-0.1, -0.05) is 0 Å². The molecule has 0 saturated carbocycles. The van der Waals surface area contributed by atoms with E-state index in [4.69, 9.17) is 14.2 Å². The lowest BCUT2D eigenvalue weighted by Crippen LogP contribution is -1.94. The van der Waals surface area contributed by atoms with Gasteiger partial charge in [-0.15, -0.1) is 0 Å². The monoisotopic (exact) mass is 221 g/mol. The summed E-state index contributed by atoms with van der Waals surface area (Å²) < 4.78 is 15.4. The summed E-state index contributed by atoms with van der Waals surface area (Å²) in [5.74, 6) is 1.75. The van der Waals surface area contributed by atoms with E-state index in [-0.39, 0.29) is 0 Å². The largest absolute Gasteiger partial charge is 0.496 e. The minimum atomic E-state index is 0.576. The van der Waals surface area contributed by atoms with Crippen LogP contribution in [0.1, 0.15) is 5.56 Å². The maximum absolute atomic E-state index is 10.1. The SMILES string of the molecule is COc1cc(OC)c(OC)cc1C=C[C]=O. The summed E-state index contributed by atoms with van der Waals surface area (Å²) in [4.78, 5) is 10.1. The van der Waals surface area contributed by atoms with Crippen molar-refractivity contribution in [2.24, 2.45) is 0 Å². The topological polar surface area (TPSA) is 44.8 Å². The van der Waals surface area contributed by atoms with Crippen molar-refractivity contribution in [3.63, 3.8) is 0 Å². The van der Waals surface area contributed by atoms with Gasteiger partial charge in [-0.3, -0.25) is 4.79 Å². The highest BCUT2D eigenvalue weighted by molar-refractivity contribution is 5.76. The highest BCUT2D eigenvalue weighted by Gasteiger charge is 2.09. The third-order valence-corrected chi connectivity index (χ3v) is 2.07. The Morgan fingerprint density at radius 1 is 1.00 bits per heavy atom. The zero-order chi connectivity index (χ0) is 12.0. The summed E-state index contributed by atoms with van der Waals surface area (Å²) in [5.41, 5.74) is 0.725. The first-order valence-corrected chi connectivity index (χ1v) is 4.61. The van der Waals surface area contributed by atoms with E-state index < -0.39 is 0 Å². The van der Waals surface area contributed by atoms with Crippen LogP contribution in [-0.4, -0.2) is 27.6 Å². The van der Waals surface area contributed by atoms with Gasteiger partial charge in [0.05, 0.1) is 21.3 Å². The third kappa shape index (κ3) is 2.53. The summed E-state index contributed by atoms with van der Waals surface area (Å²) in [6.45, 7) is 0. The van der Waals surface area contributed by atoms with Crippen molar-refractivity contribution in [2.75, 3.05) is 21.3 Å². The predicted molar refractivity (Wildman–Crippen MR) is 60.8 cm³/mol. The van der Waals surface area contributed by atoms with Crippen LogP contribution < -0.4 is 14.2 Å². The average molecular weight is 221 g/mol. The molecule has 0 atom stereocenters. The van der Waals surface area contributed by atoms with E-state index in [9.17, 15) is 4.79 Å². The number of ether oxygens (including phenoxy) is 3. The molecule has 1 aromatic carbocycles. The van der Waals surface area contributed by atoms with Gasteiger partial charge < -0.3 is 14.2 Å². The molecule has 1 radical (unpaired) electrons. The summed E-state index contributed by atoms with van der Waals surface area (Å²) in [6.07, 6.45) is 4.53. The molecule has 0 aliphatic rings. The molecule has 0 aliphatic carbocycles. The Balaban J connectivity index is 3.25. The Hall–Kier alpha value is -1.97. The molecule has 0 bridgehead atoms. The molecule has 0 amide bonds. The Kier molecular flexibility index (Phi) is 4.39. The van der Waals surface area contributed by atoms with Gasteiger partial charge in [-0.05, 0) is 18.2 Å². The van der Waals surface area contributed by atoms with E-state index in [1.165, 1.54) is 6.08 Å². The fraction of sp³-hybridized carbons (Fsp3) is 0.250. The number of benzene rings is 1. The summed E-state index contributed by atoms with van der Waals surface area (Å²) in [5, 5.41) is 0. The van der Waals surface area contributed by atoms with Crippen LogP contribution in [0.25, 0.3) is 6.08 Å². The first kappa shape index (κ1) is 12.1. The molecule has 1 aromatic rings. The molecule has 85 valence electrons. The molecule has 16 heavy (non-hydrogen) atoms. The fourth-order valence-corrected chi connectivity index (χ4v) is 1.31. The first-order valence-electron chi connectivity index (χ1n) is 4.61. The van der Waals surface area contributed by atoms with Crippen LogP contribution in [0.3, 0.4) is 0 Å². The molecule has 0 saturated heterocycles. The summed E-state index contributed by atoms with van der Waals surface area (Å²) in [6, 6.07) is 3.43. The molecule has 4 nitrogen and oxygen atoms in total. The molecule has 4 heteroatoms. The van der Waals surface area contributed by atoms with E-state index in [1.807, 2.05) is 0 Å². The van der Waals surface area contributed by atoms with Crippen molar-refractivity contribution >= 4 is 12.4 Å². The molecule has 0 heterocycles. The second-order valence-corrected chi connectivity index (χ2v) is 2.90. The zero-order valence-corrected chi connectivity index (χ0v) is 9.44. The smallest absolute Gasteiger partial charge is 0.225 e. The van der Waals surface area contributed by atoms with E-state index in [2.05, 4.69) is 0 Å². The molecular weight excluding hydrogens is 208 g/mol. The van der Waals surface area contributed by atoms with Gasteiger partial charge in [0.2, 0.25) is 6.29 Å². The molecule has 0 N–H and O–H groups in total. The number of carbonyl (C=O) groups excluding carboxylic acids is 1. The fourth-order valence-electron chi connectivity index (χ4n) is 1.31. The van der Waals surface area contributed by atoms with E-state index in [1.54, 1.807) is 45.8 Å². The quantitative estimate of drug-likeness (QED) is 0.711. The van der Waals surface area contributed by atoms with Gasteiger partial charge in [-0.25, -0.2) is 0 Å². The lowest BCUT2D eigenvalue weighted by atomic mass is 10.1. The Morgan fingerprint density at radius 3 is 2.06 bits per heavy atom. The molecule has 0 aromatic heterocycles. The van der Waals surface area contributed by atoms with E-state index in [0.717, 1.165) is 5.56 Å². The number of methoxy groups -OCH3 is 3. The Bertz CT molecular complexity index is 396. The van der Waals surface area contributed by atoms with Crippen molar-refractivity contribution in [1.29, 1.82) is 0 Å². The van der Waals surface area contributed by atoms with Gasteiger partial charge in [-0.2, -0.15) is 0 Å². The zero-order valence-electron chi connectivity index (χ0n) is 9.44. The Morgan fingerprint density at radius 2 is 1.56 bits per heavy atom. The van der Waals surface area contributed by atoms with Crippen LogP contribution in [0, 0.1) is 0 Å². The van der Waals surface area contributed by atoms with Crippen LogP contribution in [-0.2, 0) is 4.79 Å². The van der Waals surface area contributed by atoms with Gasteiger partial charge in [0.15, 0.2) is 11.5 Å². The van der Waals surface area contributed by atoms with E-state index in [0.29, 0.717) is 17.2 Å². The van der Waals surface area contributed by atoms with Crippen LogP contribution in [0.4, 0.5) is 0 Å². The molecule has 0 unspecified atom stereocenters. The van der Waals surface area contributed by atoms with E-state index >= 15 is 0 Å². The molecular formula is C12H13O4. The lowest BCUT2D eigenvalue weighted by molar-refractivity contribution is 0.348. The standard InChI is InChI=1S/C12H13O4/c1-14-10-8-12(16-3)11(15-2)7-9(10)5-4-6-13/h4-5,7-8H,1-3H3. The summed E-state index contributed by atoms with van der Waals surface area (Å²) in [7, 11) is 4.64. The predicted octanol–water partition coefficient (Wildman–Crippen LogP) is 1.84. The van der Waals surface area contributed by atoms with Crippen molar-refractivity contribution in [1.82, 2.24) is 0 Å². The second-order valence-electron chi connectivity index (χ2n) is 2.90. The van der Waals surface area contributed by atoms with Crippen LogP contribution in [0.2, 0.25) is 0 Å². The van der Waals surface area contributed by atoms with Crippen molar-refractivity contribution in [3.05, 3.63) is 23.8 Å². The maximum atomic E-state index is 10.1. The minimum absolute atomic E-state index is 0.576. The van der Waals surface area contributed by atoms with Crippen molar-refractivity contribution < 1.29 is 19.0 Å². The number of hydrogen-bond donors (Lipinski definition) is 0. The summed E-state index contributed by atoms with van der Waals surface area (Å²) >= 11 is 0. The maximum Gasteiger partial charge on any atom is 0.225 e. The average Bonchev–Trinajstić information content (AvgIpc) is 2.35. The van der Waals surface area contributed by atoms with Gasteiger partial charge in [0, 0.05) is 11.6 Å². The van der Waals surface area contributed by atoms with Gasteiger partial charge >= 0.3 is 0 Å². The van der Waals surface area contributed by atoms with Gasteiger partial charge in [0.25, 0.3) is 0 Å². The first-order chi connectivity index (χ1) is 7.76. The molecule has 0 fully saturated rings. The number of rotatable bonds is 5. The highest BCUT2D eigenvalue weighted by atomic mass is 16.5. The normalized spacial score (nSPS) is 10.2. The minimum Gasteiger partial charge on any atom is -0.496 e. The van der Waals surface area contributed by atoms with Crippen molar-refractivity contribution in [3.8, 4) is 17.2 Å². The van der Waals surface area contributed by atoms with Gasteiger partial charge in [0.1, 0.15) is 5.75 Å². The number of allylic oxidation sites excluding steroid dienone is 1. The van der Waals surface area contributed by atoms with Crippen LogP contribution in [0.5, 0.6) is 17.2 Å². The Labute approximate surface area is 94.4 Å². The molecule has 1 rings (SSSR count). The molecule has 0 spiro atoms. The van der Waals surface area contributed by atoms with Crippen LogP contribution >= 0.6 is 0 Å². The second kappa shape index (κ2) is 5.80. The van der Waals surface area contributed by atoms with Crippen molar-refractivity contribution in [2.45, 2.75) is 0 Å². The van der Waals surface area contributed by atoms with Crippen LogP contribution in [0.15, 0.2) is 18.2 Å².